The Balaban J connectivity index is 1.79. The second-order valence-electron chi connectivity index (χ2n) is 7.29. The second kappa shape index (κ2) is 7.70. The highest BCUT2D eigenvalue weighted by Crippen LogP contribution is 2.38. The first-order valence-electron chi connectivity index (χ1n) is 16.2. The van der Waals surface area contributed by atoms with Crippen molar-refractivity contribution in [2.75, 3.05) is 0 Å². The lowest BCUT2D eigenvalue weighted by Crippen LogP contribution is -2.19. The Hall–Kier alpha value is -3.39. The van der Waals surface area contributed by atoms with Crippen LogP contribution >= 0.6 is 0 Å². The predicted molar refractivity (Wildman–Crippen MR) is 130 cm³/mol. The van der Waals surface area contributed by atoms with Gasteiger partial charge in [0.15, 0.2) is 0 Å². The minimum Gasteiger partial charge on any atom is -0.455 e. The van der Waals surface area contributed by atoms with Gasteiger partial charge in [-0.25, -0.2) is 0 Å². The Kier molecular flexibility index (Phi) is 2.44. The molecule has 3 aromatic carbocycles. The molecule has 0 aliphatic rings. The number of hydrogen-bond donors (Lipinski definition) is 0. The maximum Gasteiger partial charge on any atom is 0.144 e. The smallest absolute Gasteiger partial charge is 0.144 e. The summed E-state index contributed by atoms with van der Waals surface area (Å²) in [5.41, 5.74) is -1.29. The minimum absolute atomic E-state index is 0.00625. The Morgan fingerprint density at radius 2 is 1.74 bits per heavy atom. The lowest BCUT2D eigenvalue weighted by Gasteiger charge is -2.27. The lowest BCUT2D eigenvalue weighted by atomic mass is 9.78. The van der Waals surface area contributed by atoms with Crippen LogP contribution in [0.1, 0.15) is 56.7 Å². The molecule has 5 rings (SSSR count). The molecule has 0 aliphatic heterocycles. The molecule has 2 heteroatoms. The summed E-state index contributed by atoms with van der Waals surface area (Å²) in [6.07, 6.45) is -6.70. The second-order valence-corrected chi connectivity index (χ2v) is 7.29. The van der Waals surface area contributed by atoms with Crippen molar-refractivity contribution in [3.8, 4) is 22.4 Å². The summed E-state index contributed by atoms with van der Waals surface area (Å²) >= 11 is 0. The number of pyridine rings is 1. The Morgan fingerprint density at radius 1 is 0.871 bits per heavy atom. The molecule has 154 valence electrons. The van der Waals surface area contributed by atoms with Gasteiger partial charge in [0.05, 0.1) is 5.69 Å². The summed E-state index contributed by atoms with van der Waals surface area (Å²) < 4.78 is 113. The van der Waals surface area contributed by atoms with E-state index in [4.69, 9.17) is 22.2 Å². The highest BCUT2D eigenvalue weighted by atomic mass is 16.3. The van der Waals surface area contributed by atoms with Crippen molar-refractivity contribution >= 4 is 21.9 Å². The number of fused-ring (bicyclic) bond motifs is 3. The predicted octanol–water partition coefficient (Wildman–Crippen LogP) is 8.39. The molecule has 0 radical (unpaired) electrons. The third-order valence-electron chi connectivity index (χ3n) is 5.45. The van der Waals surface area contributed by atoms with Crippen molar-refractivity contribution in [1.82, 2.24) is 4.98 Å². The van der Waals surface area contributed by atoms with Crippen LogP contribution in [0.5, 0.6) is 0 Å². The molecule has 0 saturated carbocycles. The van der Waals surface area contributed by atoms with Crippen LogP contribution in [0.15, 0.2) is 89.5 Å². The average Bonchev–Trinajstić information content (AvgIpc) is 3.30. The number of para-hydroxylation sites is 1. The van der Waals surface area contributed by atoms with Gasteiger partial charge in [-0.1, -0.05) is 69.1 Å². The summed E-state index contributed by atoms with van der Waals surface area (Å²) in [4.78, 5) is 4.31. The zero-order valence-electron chi connectivity index (χ0n) is 29.4. The number of benzene rings is 3. The summed E-state index contributed by atoms with van der Waals surface area (Å²) in [7, 11) is 0. The molecule has 0 unspecified atom stereocenters. The van der Waals surface area contributed by atoms with Gasteiger partial charge in [0, 0.05) is 40.4 Å². The number of nitrogens with zero attached hydrogens (tertiary/aromatic N) is 1. The van der Waals surface area contributed by atoms with E-state index in [9.17, 15) is 0 Å². The first kappa shape index (κ1) is 9.82. The highest BCUT2D eigenvalue weighted by molar-refractivity contribution is 6.10. The fraction of sp³-hybridized carbons (Fsp3) is 0.207. The maximum absolute atomic E-state index is 8.60. The van der Waals surface area contributed by atoms with Crippen LogP contribution in [0, 0.1) is 0 Å². The molecule has 2 nitrogen and oxygen atoms in total. The molecule has 2 aromatic heterocycles. The first-order chi connectivity index (χ1) is 20.3. The zero-order chi connectivity index (χ0) is 32.5. The quantitative estimate of drug-likeness (QED) is 0.286. The molecule has 0 saturated heterocycles. The van der Waals surface area contributed by atoms with Gasteiger partial charge in [-0.15, -0.1) is 0 Å². The van der Waals surface area contributed by atoms with Crippen LogP contribution in [-0.2, 0) is 5.41 Å². The van der Waals surface area contributed by atoms with Gasteiger partial charge in [-0.2, -0.15) is 0 Å². The van der Waals surface area contributed by atoms with E-state index in [1.54, 1.807) is 12.1 Å². The summed E-state index contributed by atoms with van der Waals surface area (Å²) in [6.45, 7) is -11.3. The van der Waals surface area contributed by atoms with E-state index in [1.165, 1.54) is 0 Å². The van der Waals surface area contributed by atoms with Crippen molar-refractivity contribution in [2.24, 2.45) is 0 Å². The molecule has 0 fully saturated rings. The lowest BCUT2D eigenvalue weighted by molar-refractivity contribution is 0.438. The standard InChI is InChI=1S/C29H27NO/c1-4-29(3,5-2)22-16-17-30-26(19-22)25-13-9-12-24-23-15-14-21(18-27(23)31-28(24)25)20-10-7-6-8-11-20/h6-19H,4-5H2,1-3H3/i1D3,2D3,3D3,4D2,5D2. The molecule has 5 aromatic rings. The number of furan rings is 1. The Labute approximate surface area is 201 Å². The molecule has 0 spiro atoms. The topological polar surface area (TPSA) is 26.0 Å². The van der Waals surface area contributed by atoms with Crippen molar-refractivity contribution in [3.05, 3.63) is 90.6 Å². The Bertz CT molecular complexity index is 1810. The fourth-order valence-electron chi connectivity index (χ4n) is 3.80. The van der Waals surface area contributed by atoms with Gasteiger partial charge >= 0.3 is 0 Å². The van der Waals surface area contributed by atoms with E-state index >= 15 is 0 Å². The van der Waals surface area contributed by atoms with Crippen molar-refractivity contribution < 1.29 is 22.2 Å². The normalized spacial score (nSPS) is 20.3. The van der Waals surface area contributed by atoms with Crippen LogP contribution in [0.25, 0.3) is 44.3 Å². The fourth-order valence-corrected chi connectivity index (χ4v) is 3.80. The molecule has 0 bridgehead atoms. The first-order valence-corrected chi connectivity index (χ1v) is 9.73. The van der Waals surface area contributed by atoms with Gasteiger partial charge in [-0.05, 0) is 65.2 Å². The molecule has 0 aliphatic carbocycles. The van der Waals surface area contributed by atoms with Crippen molar-refractivity contribution in [3.63, 3.8) is 0 Å². The van der Waals surface area contributed by atoms with Crippen LogP contribution in [0.4, 0.5) is 0 Å². The minimum atomic E-state index is -3.89. The number of hydrogen-bond acceptors (Lipinski definition) is 2. The van der Waals surface area contributed by atoms with Gasteiger partial charge in [-0.3, -0.25) is 4.98 Å². The average molecular weight is 419 g/mol. The van der Waals surface area contributed by atoms with Gasteiger partial charge in [0.25, 0.3) is 0 Å². The molecule has 0 amide bonds. The SMILES string of the molecule is [2H]C([2H])([2H])C([2H])([2H])C(c1ccnc(-c2cccc3c2oc2cc(-c4ccccc4)ccc23)c1)(C([2H])([2H])[2H])C([2H])([2H])C([2H])([2H])[2H]. The summed E-state index contributed by atoms with van der Waals surface area (Å²) in [5, 5.41) is 1.45. The molecule has 31 heavy (non-hydrogen) atoms. The van der Waals surface area contributed by atoms with Crippen LogP contribution in [0.2, 0.25) is 0 Å². The summed E-state index contributed by atoms with van der Waals surface area (Å²) in [5.74, 6) is 0. The number of aromatic nitrogens is 1. The zero-order valence-corrected chi connectivity index (χ0v) is 16.4. The third kappa shape index (κ3) is 3.33. The molecular formula is C29H27NO. The van der Waals surface area contributed by atoms with E-state index in [0.29, 0.717) is 22.1 Å². The number of rotatable bonds is 5. The third-order valence-corrected chi connectivity index (χ3v) is 5.45. The van der Waals surface area contributed by atoms with Crippen molar-refractivity contribution in [1.29, 1.82) is 0 Å². The van der Waals surface area contributed by atoms with E-state index in [2.05, 4.69) is 4.98 Å². The highest BCUT2D eigenvalue weighted by Gasteiger charge is 2.23. The van der Waals surface area contributed by atoms with E-state index < -0.39 is 44.3 Å². The van der Waals surface area contributed by atoms with Crippen LogP contribution in [-0.4, -0.2) is 4.98 Å². The van der Waals surface area contributed by atoms with Crippen LogP contribution < -0.4 is 0 Å². The monoisotopic (exact) mass is 418 g/mol. The van der Waals surface area contributed by atoms with Crippen molar-refractivity contribution in [2.45, 2.75) is 38.7 Å². The van der Waals surface area contributed by atoms with E-state index in [0.717, 1.165) is 34.8 Å². The van der Waals surface area contributed by atoms with E-state index in [-0.39, 0.29) is 5.69 Å². The van der Waals surface area contributed by atoms with E-state index in [1.807, 2.05) is 54.6 Å². The molecular weight excluding hydrogens is 378 g/mol. The summed E-state index contributed by atoms with van der Waals surface area (Å²) in [6, 6.07) is 22.5. The molecule has 0 N–H and O–H groups in total. The van der Waals surface area contributed by atoms with Crippen LogP contribution in [0.3, 0.4) is 0 Å². The Morgan fingerprint density at radius 3 is 2.55 bits per heavy atom. The largest absolute Gasteiger partial charge is 0.455 e. The van der Waals surface area contributed by atoms with Gasteiger partial charge in [0.1, 0.15) is 11.2 Å². The van der Waals surface area contributed by atoms with Gasteiger partial charge < -0.3 is 4.42 Å². The van der Waals surface area contributed by atoms with Gasteiger partial charge in [0.2, 0.25) is 0 Å². The molecule has 0 atom stereocenters. The maximum atomic E-state index is 8.60. The molecule has 2 heterocycles.